The van der Waals surface area contributed by atoms with E-state index in [2.05, 4.69) is 74.5 Å². The maximum atomic E-state index is 5.77. The highest BCUT2D eigenvalue weighted by Gasteiger charge is 2.23. The highest BCUT2D eigenvalue weighted by Crippen LogP contribution is 2.39. The normalized spacial score (nSPS) is 16.1. The highest BCUT2D eigenvalue weighted by molar-refractivity contribution is 6.09. The van der Waals surface area contributed by atoms with E-state index in [-0.39, 0.29) is 0 Å². The first kappa shape index (κ1) is 18.2. The van der Waals surface area contributed by atoms with Crippen LogP contribution >= 0.6 is 0 Å². The number of hydrogen-bond acceptors (Lipinski definition) is 2. The predicted octanol–water partition coefficient (Wildman–Crippen LogP) is 6.97. The summed E-state index contributed by atoms with van der Waals surface area (Å²) in [4.78, 5) is 5.19. The zero-order chi connectivity index (χ0) is 19.8. The van der Waals surface area contributed by atoms with Crippen LogP contribution in [0.15, 0.2) is 60.7 Å². The Hall–Kier alpha value is -2.87. The van der Waals surface area contributed by atoms with Crippen molar-refractivity contribution in [3.63, 3.8) is 0 Å². The molecule has 2 heteroatoms. The van der Waals surface area contributed by atoms with Gasteiger partial charge in [-0.1, -0.05) is 44.2 Å². The van der Waals surface area contributed by atoms with Crippen molar-refractivity contribution in [2.75, 3.05) is 6.61 Å². The lowest BCUT2D eigenvalue weighted by Gasteiger charge is -2.26. The Labute approximate surface area is 172 Å². The average molecular weight is 382 g/mol. The van der Waals surface area contributed by atoms with Crippen LogP contribution in [0.5, 0.6) is 5.75 Å². The Balaban J connectivity index is 1.72. The molecule has 146 valence electrons. The second-order valence-electron chi connectivity index (χ2n) is 8.32. The zero-order valence-corrected chi connectivity index (χ0v) is 17.2. The second kappa shape index (κ2) is 7.51. The van der Waals surface area contributed by atoms with Crippen LogP contribution in [0.25, 0.3) is 32.9 Å². The van der Waals surface area contributed by atoms with Crippen molar-refractivity contribution >= 4 is 21.7 Å². The molecule has 0 N–H and O–H groups in total. The van der Waals surface area contributed by atoms with E-state index in [4.69, 9.17) is 9.72 Å². The third-order valence-corrected chi connectivity index (χ3v) is 6.13. The lowest BCUT2D eigenvalue weighted by Crippen LogP contribution is -2.14. The first-order valence-corrected chi connectivity index (χ1v) is 10.8. The smallest absolute Gasteiger partial charge is 0.119 e. The van der Waals surface area contributed by atoms with E-state index in [0.717, 1.165) is 42.8 Å². The Bertz CT molecular complexity index is 1180. The van der Waals surface area contributed by atoms with Crippen LogP contribution in [0, 0.1) is 5.92 Å². The number of fused-ring (bicyclic) bond motifs is 5. The van der Waals surface area contributed by atoms with Crippen molar-refractivity contribution in [3.8, 4) is 17.0 Å². The number of hydrogen-bond donors (Lipinski definition) is 0. The summed E-state index contributed by atoms with van der Waals surface area (Å²) >= 11 is 0. The van der Waals surface area contributed by atoms with Gasteiger partial charge >= 0.3 is 0 Å². The largest absolute Gasteiger partial charge is 0.494 e. The molecule has 2 nitrogen and oxygen atoms in total. The maximum Gasteiger partial charge on any atom is 0.119 e. The third kappa shape index (κ3) is 3.27. The first-order valence-electron chi connectivity index (χ1n) is 10.8. The number of pyridine rings is 1. The standard InChI is InChI=1S/C27H27NO/c1-3-16-29-21-12-9-20(10-13-21)27-24-17-18(2)8-14-23(24)26-22-7-5-4-6-19(22)11-15-25(26)28-27/h4-7,9-13,15,18H,3,8,14,16-17H2,1-2H3/t18-/m1/s1. The fourth-order valence-corrected chi connectivity index (χ4v) is 4.66. The lowest BCUT2D eigenvalue weighted by atomic mass is 9.80. The molecule has 1 atom stereocenters. The summed E-state index contributed by atoms with van der Waals surface area (Å²) in [6, 6.07) is 21.6. The molecule has 0 spiro atoms. The van der Waals surface area contributed by atoms with Gasteiger partial charge in [-0.2, -0.15) is 0 Å². The van der Waals surface area contributed by atoms with Crippen LogP contribution in [-0.2, 0) is 12.8 Å². The average Bonchev–Trinajstić information content (AvgIpc) is 2.77. The van der Waals surface area contributed by atoms with Crippen LogP contribution in [0.1, 0.15) is 37.8 Å². The molecule has 29 heavy (non-hydrogen) atoms. The number of rotatable bonds is 4. The van der Waals surface area contributed by atoms with E-state index in [1.54, 1.807) is 0 Å². The second-order valence-corrected chi connectivity index (χ2v) is 8.32. The van der Waals surface area contributed by atoms with Crippen molar-refractivity contribution < 1.29 is 4.74 Å². The van der Waals surface area contributed by atoms with Crippen molar-refractivity contribution in [3.05, 3.63) is 71.8 Å². The first-order chi connectivity index (χ1) is 14.2. The third-order valence-electron chi connectivity index (χ3n) is 6.13. The fourth-order valence-electron chi connectivity index (χ4n) is 4.66. The van der Waals surface area contributed by atoms with Crippen LogP contribution in [0.2, 0.25) is 0 Å². The van der Waals surface area contributed by atoms with Crippen molar-refractivity contribution in [1.82, 2.24) is 4.98 Å². The summed E-state index contributed by atoms with van der Waals surface area (Å²) in [5.41, 5.74) is 6.39. The molecule has 1 aliphatic carbocycles. The number of aryl methyl sites for hydroxylation is 1. The van der Waals surface area contributed by atoms with Gasteiger partial charge in [0.15, 0.2) is 0 Å². The summed E-state index contributed by atoms with van der Waals surface area (Å²) in [5.74, 6) is 1.63. The van der Waals surface area contributed by atoms with Crippen molar-refractivity contribution in [2.45, 2.75) is 39.5 Å². The SMILES string of the molecule is CCCOc1ccc(-c2nc3ccc4ccccc4c3c3c2C[C@H](C)CC3)cc1. The summed E-state index contributed by atoms with van der Waals surface area (Å²) < 4.78 is 5.77. The van der Waals surface area contributed by atoms with E-state index in [1.165, 1.54) is 39.3 Å². The zero-order valence-electron chi connectivity index (χ0n) is 17.2. The monoisotopic (exact) mass is 381 g/mol. The maximum absolute atomic E-state index is 5.77. The fraction of sp³-hybridized carbons (Fsp3) is 0.296. The van der Waals surface area contributed by atoms with Gasteiger partial charge < -0.3 is 4.74 Å². The van der Waals surface area contributed by atoms with Gasteiger partial charge in [-0.05, 0) is 83.8 Å². The molecule has 0 saturated heterocycles. The Morgan fingerprint density at radius 1 is 0.966 bits per heavy atom. The molecule has 5 rings (SSSR count). The summed E-state index contributed by atoms with van der Waals surface area (Å²) in [5, 5.41) is 3.99. The summed E-state index contributed by atoms with van der Waals surface area (Å²) in [6.45, 7) is 5.25. The molecule has 0 radical (unpaired) electrons. The molecule has 1 aromatic heterocycles. The molecule has 0 bridgehead atoms. The number of benzene rings is 3. The van der Waals surface area contributed by atoms with E-state index in [9.17, 15) is 0 Å². The van der Waals surface area contributed by atoms with E-state index in [1.807, 2.05) is 0 Å². The van der Waals surface area contributed by atoms with E-state index >= 15 is 0 Å². The Kier molecular flexibility index (Phi) is 4.71. The van der Waals surface area contributed by atoms with Gasteiger partial charge in [-0.3, -0.25) is 0 Å². The minimum atomic E-state index is 0.697. The van der Waals surface area contributed by atoms with Crippen LogP contribution < -0.4 is 4.74 Å². The van der Waals surface area contributed by atoms with Crippen LogP contribution in [-0.4, -0.2) is 11.6 Å². The van der Waals surface area contributed by atoms with E-state index < -0.39 is 0 Å². The number of ether oxygens (including phenoxy) is 1. The number of nitrogens with zero attached hydrogens (tertiary/aromatic N) is 1. The highest BCUT2D eigenvalue weighted by atomic mass is 16.5. The van der Waals surface area contributed by atoms with Gasteiger partial charge in [0.2, 0.25) is 0 Å². The number of aromatic nitrogens is 1. The van der Waals surface area contributed by atoms with Gasteiger partial charge in [0.1, 0.15) is 5.75 Å². The minimum absolute atomic E-state index is 0.697. The van der Waals surface area contributed by atoms with Crippen molar-refractivity contribution in [2.24, 2.45) is 5.92 Å². The Morgan fingerprint density at radius 2 is 1.79 bits per heavy atom. The molecule has 0 saturated carbocycles. The molecular weight excluding hydrogens is 354 g/mol. The molecule has 0 unspecified atom stereocenters. The minimum Gasteiger partial charge on any atom is -0.494 e. The molecule has 0 aliphatic heterocycles. The molecular formula is C27H27NO. The predicted molar refractivity (Wildman–Crippen MR) is 122 cm³/mol. The summed E-state index contributed by atoms with van der Waals surface area (Å²) in [6.07, 6.45) is 4.51. The van der Waals surface area contributed by atoms with Crippen molar-refractivity contribution in [1.29, 1.82) is 0 Å². The quantitative estimate of drug-likeness (QED) is 0.356. The molecule has 0 amide bonds. The molecule has 3 aromatic carbocycles. The summed E-state index contributed by atoms with van der Waals surface area (Å²) in [7, 11) is 0. The van der Waals surface area contributed by atoms with Crippen LogP contribution in [0.4, 0.5) is 0 Å². The van der Waals surface area contributed by atoms with Gasteiger partial charge in [0, 0.05) is 10.9 Å². The Morgan fingerprint density at radius 3 is 2.62 bits per heavy atom. The molecule has 0 fully saturated rings. The molecule has 1 heterocycles. The van der Waals surface area contributed by atoms with Gasteiger partial charge in [-0.25, -0.2) is 4.98 Å². The van der Waals surface area contributed by atoms with Gasteiger partial charge in [-0.15, -0.1) is 0 Å². The van der Waals surface area contributed by atoms with Crippen LogP contribution in [0.3, 0.4) is 0 Å². The lowest BCUT2D eigenvalue weighted by molar-refractivity contribution is 0.317. The molecule has 1 aliphatic rings. The topological polar surface area (TPSA) is 22.1 Å². The van der Waals surface area contributed by atoms with Gasteiger partial charge in [0.25, 0.3) is 0 Å². The van der Waals surface area contributed by atoms with Gasteiger partial charge in [0.05, 0.1) is 17.8 Å². The van der Waals surface area contributed by atoms with E-state index in [0.29, 0.717) is 5.92 Å². The molecule has 4 aromatic rings.